The van der Waals surface area contributed by atoms with Gasteiger partial charge in [0.25, 0.3) is 0 Å². The van der Waals surface area contributed by atoms with Crippen LogP contribution in [-0.4, -0.2) is 18.0 Å². The molecule has 0 unspecified atom stereocenters. The van der Waals surface area contributed by atoms with Crippen molar-refractivity contribution in [2.75, 3.05) is 7.11 Å². The first-order valence-corrected chi connectivity index (χ1v) is 13.7. The zero-order valence-corrected chi connectivity index (χ0v) is 21.1. The highest BCUT2D eigenvalue weighted by Crippen LogP contribution is 2.62. The maximum atomic E-state index is 12.5. The summed E-state index contributed by atoms with van der Waals surface area (Å²) in [5, 5.41) is 12.6. The summed E-state index contributed by atoms with van der Waals surface area (Å²) >= 11 is 0. The van der Waals surface area contributed by atoms with E-state index in [0.29, 0.717) is 18.4 Å². The van der Waals surface area contributed by atoms with E-state index in [2.05, 4.69) is 42.5 Å². The Labute approximate surface area is 213 Å². The maximum Gasteiger partial charge on any atom is 0.166 e. The predicted octanol–water partition coefficient (Wildman–Crippen LogP) is 8.01. The normalized spacial score (nSPS) is 29.2. The average molecular weight is 479 g/mol. The smallest absolute Gasteiger partial charge is 0.166 e. The van der Waals surface area contributed by atoms with Crippen LogP contribution in [0.1, 0.15) is 68.9 Å². The zero-order valence-electron chi connectivity index (χ0n) is 21.1. The van der Waals surface area contributed by atoms with Crippen LogP contribution >= 0.6 is 0 Å². The van der Waals surface area contributed by atoms with Crippen molar-refractivity contribution in [1.29, 1.82) is 0 Å². The summed E-state index contributed by atoms with van der Waals surface area (Å²) in [6.45, 7) is 0. The highest BCUT2D eigenvalue weighted by atomic mass is 16.5. The lowest BCUT2D eigenvalue weighted by Crippen LogP contribution is -2.48. The van der Waals surface area contributed by atoms with Crippen molar-refractivity contribution in [2.45, 2.75) is 63.2 Å². The number of allylic oxidation sites excluding steroid dienone is 2. The number of fused-ring (bicyclic) bond motifs is 1. The molecule has 0 aromatic heterocycles. The van der Waals surface area contributed by atoms with Gasteiger partial charge in [-0.1, -0.05) is 30.3 Å². The van der Waals surface area contributed by atoms with E-state index in [1.165, 1.54) is 55.2 Å². The molecule has 8 rings (SSSR count). The molecule has 3 aromatic rings. The van der Waals surface area contributed by atoms with Gasteiger partial charge in [-0.15, -0.1) is 0 Å². The molecule has 36 heavy (non-hydrogen) atoms. The molecule has 4 saturated carbocycles. The van der Waals surface area contributed by atoms with Gasteiger partial charge in [0.15, 0.2) is 5.78 Å². The fourth-order valence-electron chi connectivity index (χ4n) is 8.48. The van der Waals surface area contributed by atoms with E-state index < -0.39 is 0 Å². The molecule has 3 aromatic carbocycles. The molecular weight excluding hydrogens is 444 g/mol. The molecule has 184 valence electrons. The van der Waals surface area contributed by atoms with Gasteiger partial charge < -0.3 is 9.84 Å². The summed E-state index contributed by atoms with van der Waals surface area (Å²) < 4.78 is 5.93. The number of carbonyl (C=O) groups excluding carboxylic acids is 1. The number of carbonyl (C=O) groups is 1. The first kappa shape index (κ1) is 22.2. The fraction of sp³-hybridized carbons (Fsp3) is 0.424. The van der Waals surface area contributed by atoms with Crippen LogP contribution in [0.25, 0.3) is 27.5 Å². The SMILES string of the molecule is COc1ccc(-c2ccc3cc(C4=C(O)CCCC4=O)ccc3c2)cc1C12CC3CC(CC(C3)C1)C2. The van der Waals surface area contributed by atoms with E-state index in [-0.39, 0.29) is 17.0 Å². The number of aliphatic hydroxyl groups is 1. The van der Waals surface area contributed by atoms with Crippen LogP contribution in [0.4, 0.5) is 0 Å². The fourth-order valence-corrected chi connectivity index (χ4v) is 8.48. The number of rotatable bonds is 4. The molecule has 0 heterocycles. The van der Waals surface area contributed by atoms with Crippen molar-refractivity contribution in [3.63, 3.8) is 0 Å². The molecule has 0 atom stereocenters. The molecular formula is C33H34O3. The molecule has 1 N–H and O–H groups in total. The molecule has 0 radical (unpaired) electrons. The first-order chi connectivity index (χ1) is 17.5. The van der Waals surface area contributed by atoms with Crippen LogP contribution in [0.5, 0.6) is 5.75 Å². The number of hydrogen-bond acceptors (Lipinski definition) is 3. The Bertz CT molecular complexity index is 1380. The Hall–Kier alpha value is -3.07. The first-order valence-electron chi connectivity index (χ1n) is 13.7. The minimum Gasteiger partial charge on any atom is -0.512 e. The molecule has 0 amide bonds. The number of benzene rings is 3. The summed E-state index contributed by atoms with van der Waals surface area (Å²) in [6, 6.07) is 19.5. The highest BCUT2D eigenvalue weighted by molar-refractivity contribution is 6.22. The van der Waals surface area contributed by atoms with E-state index in [0.717, 1.165) is 46.3 Å². The van der Waals surface area contributed by atoms with Crippen molar-refractivity contribution in [3.8, 4) is 16.9 Å². The van der Waals surface area contributed by atoms with Gasteiger partial charge in [-0.3, -0.25) is 4.79 Å². The monoisotopic (exact) mass is 478 g/mol. The van der Waals surface area contributed by atoms with Crippen molar-refractivity contribution in [2.24, 2.45) is 17.8 Å². The van der Waals surface area contributed by atoms with E-state index in [1.54, 1.807) is 0 Å². The van der Waals surface area contributed by atoms with Gasteiger partial charge in [0.1, 0.15) is 11.5 Å². The summed E-state index contributed by atoms with van der Waals surface area (Å²) in [5.74, 6) is 4.01. The number of aliphatic hydroxyl groups excluding tert-OH is 1. The van der Waals surface area contributed by atoms with E-state index in [4.69, 9.17) is 4.74 Å². The molecule has 4 fully saturated rings. The molecule has 5 aliphatic rings. The van der Waals surface area contributed by atoms with Gasteiger partial charge in [-0.05, 0) is 120 Å². The van der Waals surface area contributed by atoms with Crippen molar-refractivity contribution in [1.82, 2.24) is 0 Å². The minimum absolute atomic E-state index is 0.0464. The lowest BCUT2D eigenvalue weighted by atomic mass is 9.48. The number of hydrogen-bond donors (Lipinski definition) is 1. The third kappa shape index (κ3) is 3.50. The molecule has 5 aliphatic carbocycles. The van der Waals surface area contributed by atoms with Crippen LogP contribution in [-0.2, 0) is 10.2 Å². The Morgan fingerprint density at radius 3 is 2.00 bits per heavy atom. The predicted molar refractivity (Wildman–Crippen MR) is 144 cm³/mol. The van der Waals surface area contributed by atoms with Gasteiger partial charge in [0.05, 0.1) is 12.7 Å². The van der Waals surface area contributed by atoms with Crippen molar-refractivity contribution >= 4 is 22.1 Å². The third-order valence-electron chi connectivity index (χ3n) is 9.66. The summed E-state index contributed by atoms with van der Waals surface area (Å²) in [7, 11) is 1.82. The topological polar surface area (TPSA) is 46.5 Å². The second-order valence-electron chi connectivity index (χ2n) is 12.0. The molecule has 0 aliphatic heterocycles. The third-order valence-corrected chi connectivity index (χ3v) is 9.66. The minimum atomic E-state index is 0.0464. The molecule has 0 spiro atoms. The Kier molecular flexibility index (Phi) is 5.06. The van der Waals surface area contributed by atoms with Crippen LogP contribution in [0.2, 0.25) is 0 Å². The lowest BCUT2D eigenvalue weighted by Gasteiger charge is -2.57. The van der Waals surface area contributed by atoms with Crippen LogP contribution in [0, 0.1) is 17.8 Å². The van der Waals surface area contributed by atoms with Gasteiger partial charge in [0, 0.05) is 18.4 Å². The second-order valence-corrected chi connectivity index (χ2v) is 12.0. The number of methoxy groups -OCH3 is 1. The zero-order chi connectivity index (χ0) is 24.4. The standard InChI is InChI=1S/C33H34O3/c1-36-31-10-9-26(16-28(31)33-17-20-11-21(18-33)13-22(12-20)19-33)24-5-6-25-15-27(8-7-23(25)14-24)32-29(34)3-2-4-30(32)35/h5-10,14-16,20-22,34H,2-4,11-13,17-19H2,1H3. The summed E-state index contributed by atoms with van der Waals surface area (Å²) in [6.07, 6.45) is 10.1. The van der Waals surface area contributed by atoms with E-state index in [9.17, 15) is 9.90 Å². The molecule has 4 bridgehead atoms. The van der Waals surface area contributed by atoms with E-state index in [1.807, 2.05) is 19.2 Å². The maximum absolute atomic E-state index is 12.5. The largest absolute Gasteiger partial charge is 0.512 e. The summed E-state index contributed by atoms with van der Waals surface area (Å²) in [4.78, 5) is 12.5. The van der Waals surface area contributed by atoms with Crippen molar-refractivity contribution in [3.05, 3.63) is 71.5 Å². The van der Waals surface area contributed by atoms with Crippen LogP contribution < -0.4 is 4.74 Å². The van der Waals surface area contributed by atoms with E-state index >= 15 is 0 Å². The lowest BCUT2D eigenvalue weighted by molar-refractivity contribution is -0.114. The highest BCUT2D eigenvalue weighted by Gasteiger charge is 2.52. The Morgan fingerprint density at radius 2 is 1.36 bits per heavy atom. The average Bonchev–Trinajstić information content (AvgIpc) is 2.87. The van der Waals surface area contributed by atoms with Gasteiger partial charge >= 0.3 is 0 Å². The Morgan fingerprint density at radius 1 is 0.778 bits per heavy atom. The van der Waals surface area contributed by atoms with Crippen LogP contribution in [0.3, 0.4) is 0 Å². The van der Waals surface area contributed by atoms with Gasteiger partial charge in [-0.2, -0.15) is 0 Å². The number of ketones is 1. The van der Waals surface area contributed by atoms with Crippen LogP contribution in [0.15, 0.2) is 60.4 Å². The summed E-state index contributed by atoms with van der Waals surface area (Å²) in [5.41, 5.74) is 5.49. The number of ether oxygens (including phenoxy) is 1. The van der Waals surface area contributed by atoms with Gasteiger partial charge in [-0.25, -0.2) is 0 Å². The van der Waals surface area contributed by atoms with Crippen molar-refractivity contribution < 1.29 is 14.6 Å². The molecule has 3 heteroatoms. The quantitative estimate of drug-likeness (QED) is 0.413. The molecule has 0 saturated heterocycles. The number of Topliss-reactive ketones (excluding diaryl/α,β-unsaturated/α-hetero) is 1. The van der Waals surface area contributed by atoms with Gasteiger partial charge in [0.2, 0.25) is 0 Å². The molecule has 3 nitrogen and oxygen atoms in total. The second kappa shape index (κ2) is 8.23. The Balaban J connectivity index is 1.27.